The van der Waals surface area contributed by atoms with Crippen molar-refractivity contribution in [1.29, 1.82) is 5.26 Å². The van der Waals surface area contributed by atoms with E-state index in [1.165, 1.54) is 12.1 Å². The number of rotatable bonds is 5. The highest BCUT2D eigenvalue weighted by Crippen LogP contribution is 2.23. The molecule has 1 unspecified atom stereocenters. The molecule has 1 aromatic carbocycles. The van der Waals surface area contributed by atoms with Gasteiger partial charge < -0.3 is 4.90 Å². The number of non-ortho nitro benzene ring substituents is 1. The second kappa shape index (κ2) is 6.18. The predicted molar refractivity (Wildman–Crippen MR) is 81.1 cm³/mol. The summed E-state index contributed by atoms with van der Waals surface area (Å²) in [5.74, 6) is 0.695. The highest BCUT2D eigenvalue weighted by atomic mass is 16.6. The molecule has 1 aromatic heterocycles. The molecule has 1 atom stereocenters. The third-order valence-corrected chi connectivity index (χ3v) is 3.29. The monoisotopic (exact) mass is 284 g/mol. The van der Waals surface area contributed by atoms with E-state index < -0.39 is 4.92 Å². The van der Waals surface area contributed by atoms with Crippen LogP contribution in [-0.4, -0.2) is 23.0 Å². The Balaban J connectivity index is 2.36. The first-order valence-corrected chi connectivity index (χ1v) is 6.75. The number of hydrogen-bond donors (Lipinski definition) is 0. The van der Waals surface area contributed by atoms with Gasteiger partial charge in [0.2, 0.25) is 0 Å². The fraction of sp³-hybridized carbons (Fsp3) is 0.333. The Bertz CT molecular complexity index is 708. The minimum absolute atomic E-state index is 0.0579. The van der Waals surface area contributed by atoms with Crippen LogP contribution in [-0.2, 0) is 0 Å². The van der Waals surface area contributed by atoms with Crippen molar-refractivity contribution in [3.8, 4) is 6.07 Å². The Hall–Kier alpha value is -2.68. The van der Waals surface area contributed by atoms with Gasteiger partial charge in [0.05, 0.1) is 22.4 Å². The molecule has 0 aliphatic carbocycles. The third kappa shape index (κ3) is 3.26. The number of nitriles is 1. The standard InChI is InChI=1S/C15H16N4O2/c1-3-18(10-11(2)9-16)15-7-4-12-8-13(19(20)21)5-6-14(12)17-15/h4-8,11H,3,10H2,1-2H3. The Morgan fingerprint density at radius 2 is 2.19 bits per heavy atom. The van der Waals surface area contributed by atoms with Crippen molar-refractivity contribution in [3.05, 3.63) is 40.4 Å². The number of aromatic nitrogens is 1. The minimum Gasteiger partial charge on any atom is -0.356 e. The number of nitro groups is 1. The molecule has 6 heteroatoms. The molecule has 0 saturated carbocycles. The average molecular weight is 284 g/mol. The molecule has 0 bridgehead atoms. The van der Waals surface area contributed by atoms with Crippen LogP contribution in [0.25, 0.3) is 10.9 Å². The lowest BCUT2D eigenvalue weighted by Gasteiger charge is -2.23. The number of fused-ring (bicyclic) bond motifs is 1. The van der Waals surface area contributed by atoms with Crippen molar-refractivity contribution in [2.24, 2.45) is 5.92 Å². The lowest BCUT2D eigenvalue weighted by molar-refractivity contribution is -0.384. The largest absolute Gasteiger partial charge is 0.356 e. The van der Waals surface area contributed by atoms with E-state index in [4.69, 9.17) is 5.26 Å². The molecule has 2 rings (SSSR count). The van der Waals surface area contributed by atoms with Gasteiger partial charge in [0.1, 0.15) is 5.82 Å². The van der Waals surface area contributed by atoms with E-state index in [1.807, 2.05) is 30.9 Å². The molecule has 108 valence electrons. The molecule has 2 aromatic rings. The summed E-state index contributed by atoms with van der Waals surface area (Å²) in [6.45, 7) is 5.23. The molecule has 21 heavy (non-hydrogen) atoms. The van der Waals surface area contributed by atoms with Crippen molar-refractivity contribution in [2.75, 3.05) is 18.0 Å². The Morgan fingerprint density at radius 3 is 2.81 bits per heavy atom. The van der Waals surface area contributed by atoms with Gasteiger partial charge in [0.15, 0.2) is 0 Å². The first kappa shape index (κ1) is 14.7. The summed E-state index contributed by atoms with van der Waals surface area (Å²) in [4.78, 5) is 16.9. The maximum absolute atomic E-state index is 10.8. The van der Waals surface area contributed by atoms with Crippen LogP contribution in [0.15, 0.2) is 30.3 Å². The smallest absolute Gasteiger partial charge is 0.270 e. The Labute approximate surface area is 122 Å². The normalized spacial score (nSPS) is 11.9. The second-order valence-electron chi connectivity index (χ2n) is 4.87. The molecule has 0 radical (unpaired) electrons. The van der Waals surface area contributed by atoms with Gasteiger partial charge in [-0.3, -0.25) is 10.1 Å². The first-order valence-electron chi connectivity index (χ1n) is 6.75. The van der Waals surface area contributed by atoms with Gasteiger partial charge in [-0.05, 0) is 32.0 Å². The van der Waals surface area contributed by atoms with E-state index in [2.05, 4.69) is 11.1 Å². The summed E-state index contributed by atoms with van der Waals surface area (Å²) >= 11 is 0. The summed E-state index contributed by atoms with van der Waals surface area (Å²) in [5.41, 5.74) is 0.767. The van der Waals surface area contributed by atoms with E-state index >= 15 is 0 Å². The van der Waals surface area contributed by atoms with Crippen LogP contribution in [0.2, 0.25) is 0 Å². The maximum atomic E-state index is 10.8. The molecule has 1 heterocycles. The summed E-state index contributed by atoms with van der Waals surface area (Å²) in [6.07, 6.45) is 0. The topological polar surface area (TPSA) is 83.1 Å². The summed E-state index contributed by atoms with van der Waals surface area (Å²) in [6, 6.07) is 10.5. The first-order chi connectivity index (χ1) is 10.0. The number of anilines is 1. The molecule has 0 amide bonds. The highest BCUT2D eigenvalue weighted by Gasteiger charge is 2.12. The van der Waals surface area contributed by atoms with Crippen molar-refractivity contribution >= 4 is 22.4 Å². The van der Waals surface area contributed by atoms with Crippen LogP contribution in [0, 0.1) is 27.4 Å². The van der Waals surface area contributed by atoms with Crippen molar-refractivity contribution < 1.29 is 4.92 Å². The number of nitro benzene ring substituents is 1. The van der Waals surface area contributed by atoms with E-state index in [0.717, 1.165) is 17.7 Å². The van der Waals surface area contributed by atoms with Crippen LogP contribution >= 0.6 is 0 Å². The number of hydrogen-bond acceptors (Lipinski definition) is 5. The lowest BCUT2D eigenvalue weighted by atomic mass is 10.1. The van der Waals surface area contributed by atoms with Crippen LogP contribution in [0.5, 0.6) is 0 Å². The van der Waals surface area contributed by atoms with Gasteiger partial charge in [-0.1, -0.05) is 0 Å². The molecular weight excluding hydrogens is 268 g/mol. The maximum Gasteiger partial charge on any atom is 0.270 e. The number of benzene rings is 1. The Kier molecular flexibility index (Phi) is 4.33. The molecule has 0 saturated heterocycles. The van der Waals surface area contributed by atoms with Crippen molar-refractivity contribution in [2.45, 2.75) is 13.8 Å². The predicted octanol–water partition coefficient (Wildman–Crippen LogP) is 3.13. The van der Waals surface area contributed by atoms with Crippen LogP contribution in [0.3, 0.4) is 0 Å². The fourth-order valence-electron chi connectivity index (χ4n) is 2.15. The van der Waals surface area contributed by atoms with Gasteiger partial charge in [-0.15, -0.1) is 0 Å². The molecule has 0 aliphatic heterocycles. The number of nitrogens with zero attached hydrogens (tertiary/aromatic N) is 4. The molecular formula is C15H16N4O2. The summed E-state index contributed by atoms with van der Waals surface area (Å²) in [5, 5.41) is 20.4. The molecule has 6 nitrogen and oxygen atoms in total. The van der Waals surface area contributed by atoms with Gasteiger partial charge in [-0.2, -0.15) is 5.26 Å². The Morgan fingerprint density at radius 1 is 1.43 bits per heavy atom. The number of pyridine rings is 1. The highest BCUT2D eigenvalue weighted by molar-refractivity contribution is 5.82. The molecule has 0 fully saturated rings. The van der Waals surface area contributed by atoms with Gasteiger partial charge >= 0.3 is 0 Å². The zero-order valence-electron chi connectivity index (χ0n) is 12.0. The van der Waals surface area contributed by atoms with Crippen LogP contribution in [0.1, 0.15) is 13.8 Å². The van der Waals surface area contributed by atoms with Crippen molar-refractivity contribution in [3.63, 3.8) is 0 Å². The second-order valence-corrected chi connectivity index (χ2v) is 4.87. The van der Waals surface area contributed by atoms with Crippen molar-refractivity contribution in [1.82, 2.24) is 4.98 Å². The molecule has 0 aliphatic rings. The van der Waals surface area contributed by atoms with E-state index in [1.54, 1.807) is 6.07 Å². The third-order valence-electron chi connectivity index (χ3n) is 3.29. The summed E-state index contributed by atoms with van der Waals surface area (Å²) in [7, 11) is 0. The van der Waals surface area contributed by atoms with E-state index in [9.17, 15) is 10.1 Å². The quantitative estimate of drug-likeness (QED) is 0.622. The average Bonchev–Trinajstić information content (AvgIpc) is 2.51. The van der Waals surface area contributed by atoms with Gasteiger partial charge in [0.25, 0.3) is 5.69 Å². The van der Waals surface area contributed by atoms with E-state index in [-0.39, 0.29) is 11.6 Å². The van der Waals surface area contributed by atoms with Crippen LogP contribution < -0.4 is 4.90 Å². The van der Waals surface area contributed by atoms with Gasteiger partial charge in [-0.25, -0.2) is 4.98 Å². The SMILES string of the molecule is CCN(CC(C)C#N)c1ccc2cc([N+](=O)[O-])ccc2n1. The molecule has 0 N–H and O–H groups in total. The zero-order valence-corrected chi connectivity index (χ0v) is 12.0. The van der Waals surface area contributed by atoms with Gasteiger partial charge in [0, 0.05) is 30.6 Å². The summed E-state index contributed by atoms with van der Waals surface area (Å²) < 4.78 is 0. The zero-order chi connectivity index (χ0) is 15.4. The minimum atomic E-state index is -0.416. The lowest BCUT2D eigenvalue weighted by Crippen LogP contribution is -2.28. The fourth-order valence-corrected chi connectivity index (χ4v) is 2.15. The van der Waals surface area contributed by atoms with E-state index in [0.29, 0.717) is 12.1 Å². The molecule has 0 spiro atoms. The van der Waals surface area contributed by atoms with Crippen LogP contribution in [0.4, 0.5) is 11.5 Å².